The Bertz CT molecular complexity index is 612. The molecular formula is C18H26N2O. The van der Waals surface area contributed by atoms with E-state index in [1.54, 1.807) is 0 Å². The molecule has 0 saturated heterocycles. The molecule has 0 unspecified atom stereocenters. The van der Waals surface area contributed by atoms with Gasteiger partial charge >= 0.3 is 0 Å². The van der Waals surface area contributed by atoms with Crippen molar-refractivity contribution in [2.45, 2.75) is 47.5 Å². The van der Waals surface area contributed by atoms with Gasteiger partial charge in [-0.3, -0.25) is 0 Å². The molecule has 0 aliphatic carbocycles. The molecule has 3 nitrogen and oxygen atoms in total. The zero-order valence-electron chi connectivity index (χ0n) is 13.7. The topological polar surface area (TPSA) is 38.0 Å². The Morgan fingerprint density at radius 1 is 1.10 bits per heavy atom. The normalized spacial score (nSPS) is 11.6. The Kier molecular flexibility index (Phi) is 4.71. The number of nitrogens with zero attached hydrogens (tertiary/aromatic N) is 2. The summed E-state index contributed by atoms with van der Waals surface area (Å²) in [5, 5.41) is 15.2. The van der Waals surface area contributed by atoms with E-state index >= 15 is 0 Å². The molecule has 1 aromatic carbocycles. The Morgan fingerprint density at radius 2 is 1.76 bits per heavy atom. The molecule has 2 rings (SSSR count). The molecule has 1 heterocycles. The summed E-state index contributed by atoms with van der Waals surface area (Å²) in [7, 11) is 0. The quantitative estimate of drug-likeness (QED) is 0.890. The van der Waals surface area contributed by atoms with Gasteiger partial charge < -0.3 is 5.11 Å². The lowest BCUT2D eigenvalue weighted by Gasteiger charge is -2.10. The maximum Gasteiger partial charge on any atom is 0.160 e. The molecule has 114 valence electrons. The molecule has 0 aliphatic rings. The Hall–Kier alpha value is -1.77. The van der Waals surface area contributed by atoms with Crippen molar-refractivity contribution in [2.24, 2.45) is 11.8 Å². The summed E-state index contributed by atoms with van der Waals surface area (Å²) < 4.78 is 1.92. The summed E-state index contributed by atoms with van der Waals surface area (Å²) in [6.07, 6.45) is 1.63. The molecule has 1 aromatic heterocycles. The van der Waals surface area contributed by atoms with Crippen LogP contribution < -0.4 is 0 Å². The van der Waals surface area contributed by atoms with Gasteiger partial charge in [0, 0.05) is 0 Å². The minimum absolute atomic E-state index is 0.374. The maximum atomic E-state index is 10.6. The highest BCUT2D eigenvalue weighted by atomic mass is 16.3. The number of aryl methyl sites for hydroxylation is 1. The van der Waals surface area contributed by atoms with Crippen LogP contribution in [0.25, 0.3) is 5.69 Å². The van der Waals surface area contributed by atoms with Gasteiger partial charge in [-0.15, -0.1) is 0 Å². The van der Waals surface area contributed by atoms with Crippen LogP contribution in [0.2, 0.25) is 0 Å². The van der Waals surface area contributed by atoms with E-state index in [0.29, 0.717) is 17.6 Å². The number of hydrogen-bond acceptors (Lipinski definition) is 2. The first-order chi connectivity index (χ1) is 9.88. The van der Waals surface area contributed by atoms with Gasteiger partial charge in [0.15, 0.2) is 5.75 Å². The molecule has 1 N–H and O–H groups in total. The fourth-order valence-electron chi connectivity index (χ4n) is 2.56. The van der Waals surface area contributed by atoms with Crippen molar-refractivity contribution < 1.29 is 5.11 Å². The average molecular weight is 286 g/mol. The van der Waals surface area contributed by atoms with Crippen LogP contribution in [0.1, 0.15) is 44.6 Å². The third-order valence-corrected chi connectivity index (χ3v) is 3.47. The first-order valence-corrected chi connectivity index (χ1v) is 7.75. The minimum atomic E-state index is 0.374. The van der Waals surface area contributed by atoms with Crippen LogP contribution in [-0.4, -0.2) is 14.9 Å². The van der Waals surface area contributed by atoms with Gasteiger partial charge in [-0.2, -0.15) is 5.10 Å². The smallest absolute Gasteiger partial charge is 0.160 e. The average Bonchev–Trinajstić information content (AvgIpc) is 2.66. The van der Waals surface area contributed by atoms with Gasteiger partial charge in [0.05, 0.1) is 11.4 Å². The second-order valence-corrected chi connectivity index (χ2v) is 6.69. The van der Waals surface area contributed by atoms with E-state index in [1.165, 1.54) is 5.56 Å². The fourth-order valence-corrected chi connectivity index (χ4v) is 2.56. The molecule has 0 aliphatic heterocycles. The Labute approximate surface area is 127 Å². The van der Waals surface area contributed by atoms with Crippen molar-refractivity contribution in [1.82, 2.24) is 9.78 Å². The van der Waals surface area contributed by atoms with Crippen molar-refractivity contribution in [3.8, 4) is 11.4 Å². The van der Waals surface area contributed by atoms with E-state index in [2.05, 4.69) is 51.9 Å². The second-order valence-electron chi connectivity index (χ2n) is 6.69. The second kappa shape index (κ2) is 6.33. The monoisotopic (exact) mass is 286 g/mol. The zero-order chi connectivity index (χ0) is 15.6. The zero-order valence-corrected chi connectivity index (χ0v) is 13.7. The highest BCUT2D eigenvalue weighted by Crippen LogP contribution is 2.29. The summed E-state index contributed by atoms with van der Waals surface area (Å²) in [4.78, 5) is 0. The molecule has 21 heavy (non-hydrogen) atoms. The number of rotatable bonds is 5. The third-order valence-electron chi connectivity index (χ3n) is 3.47. The third kappa shape index (κ3) is 3.66. The summed E-state index contributed by atoms with van der Waals surface area (Å²) in [6, 6.07) is 8.26. The van der Waals surface area contributed by atoms with Gasteiger partial charge in [0.1, 0.15) is 5.69 Å². The predicted molar refractivity (Wildman–Crippen MR) is 87.0 cm³/mol. The highest BCUT2D eigenvalue weighted by molar-refractivity contribution is 5.42. The number of hydrogen-bond donors (Lipinski definition) is 1. The molecule has 0 bridgehead atoms. The van der Waals surface area contributed by atoms with Crippen LogP contribution in [0.5, 0.6) is 5.75 Å². The van der Waals surface area contributed by atoms with Crippen LogP contribution in [0.15, 0.2) is 24.3 Å². The van der Waals surface area contributed by atoms with Crippen molar-refractivity contribution in [3.05, 3.63) is 41.2 Å². The van der Waals surface area contributed by atoms with Crippen LogP contribution in [-0.2, 0) is 12.8 Å². The standard InChI is InChI=1S/C18H26N2O/c1-12(2)9-16-18(21)17(10-13(3)4)20(19-16)15-8-6-7-14(5)11-15/h6-8,11-13,21H,9-10H2,1-5H3. The highest BCUT2D eigenvalue weighted by Gasteiger charge is 2.19. The lowest BCUT2D eigenvalue weighted by molar-refractivity contribution is 0.450. The molecule has 0 amide bonds. The van der Waals surface area contributed by atoms with Crippen LogP contribution in [0, 0.1) is 18.8 Å². The van der Waals surface area contributed by atoms with Crippen molar-refractivity contribution in [2.75, 3.05) is 0 Å². The number of aromatic hydroxyl groups is 1. The van der Waals surface area contributed by atoms with Crippen molar-refractivity contribution in [3.63, 3.8) is 0 Å². The van der Waals surface area contributed by atoms with Crippen molar-refractivity contribution >= 4 is 0 Å². The van der Waals surface area contributed by atoms with Crippen LogP contribution in [0.3, 0.4) is 0 Å². The molecule has 0 spiro atoms. The first kappa shape index (κ1) is 15.6. The van der Waals surface area contributed by atoms with E-state index in [0.717, 1.165) is 29.9 Å². The molecule has 0 radical (unpaired) electrons. The molecule has 3 heteroatoms. The summed E-state index contributed by atoms with van der Waals surface area (Å²) in [5.41, 5.74) is 3.95. The summed E-state index contributed by atoms with van der Waals surface area (Å²) in [5.74, 6) is 1.32. The van der Waals surface area contributed by atoms with E-state index in [4.69, 9.17) is 0 Å². The lowest BCUT2D eigenvalue weighted by Crippen LogP contribution is -2.06. The largest absolute Gasteiger partial charge is 0.504 e. The van der Waals surface area contributed by atoms with Gasteiger partial charge in [-0.05, 0) is 49.3 Å². The molecule has 0 atom stereocenters. The Balaban J connectivity index is 2.52. The van der Waals surface area contributed by atoms with E-state index in [1.807, 2.05) is 16.8 Å². The fraction of sp³-hybridized carbons (Fsp3) is 0.500. The molecule has 2 aromatic rings. The predicted octanol–water partition coefficient (Wildman–Crippen LogP) is 4.28. The van der Waals surface area contributed by atoms with Crippen molar-refractivity contribution in [1.29, 1.82) is 0 Å². The van der Waals surface area contributed by atoms with Gasteiger partial charge in [0.2, 0.25) is 0 Å². The van der Waals surface area contributed by atoms with Gasteiger partial charge in [-0.25, -0.2) is 4.68 Å². The number of benzene rings is 1. The summed E-state index contributed by atoms with van der Waals surface area (Å²) in [6.45, 7) is 10.7. The van der Waals surface area contributed by atoms with Gasteiger partial charge in [-0.1, -0.05) is 39.8 Å². The van der Waals surface area contributed by atoms with Gasteiger partial charge in [0.25, 0.3) is 0 Å². The molecular weight excluding hydrogens is 260 g/mol. The van der Waals surface area contributed by atoms with E-state index in [9.17, 15) is 5.11 Å². The van der Waals surface area contributed by atoms with E-state index in [-0.39, 0.29) is 0 Å². The maximum absolute atomic E-state index is 10.6. The van der Waals surface area contributed by atoms with Crippen LogP contribution in [0.4, 0.5) is 0 Å². The Morgan fingerprint density at radius 3 is 2.33 bits per heavy atom. The molecule has 0 saturated carbocycles. The number of aromatic nitrogens is 2. The molecule has 0 fully saturated rings. The lowest BCUT2D eigenvalue weighted by atomic mass is 10.0. The summed E-state index contributed by atoms with van der Waals surface area (Å²) >= 11 is 0. The SMILES string of the molecule is Cc1cccc(-n2nc(CC(C)C)c(O)c2CC(C)C)c1. The first-order valence-electron chi connectivity index (χ1n) is 7.75. The van der Waals surface area contributed by atoms with Crippen LogP contribution >= 0.6 is 0 Å². The van der Waals surface area contributed by atoms with E-state index < -0.39 is 0 Å². The minimum Gasteiger partial charge on any atom is -0.504 e.